The summed E-state index contributed by atoms with van der Waals surface area (Å²) in [7, 11) is 0. The first-order valence-corrected chi connectivity index (χ1v) is 8.64. The number of carboxylic acid groups (broad SMARTS) is 1. The summed E-state index contributed by atoms with van der Waals surface area (Å²) in [5.41, 5.74) is 1.22. The van der Waals surface area contributed by atoms with Crippen molar-refractivity contribution in [3.8, 4) is 0 Å². The molecule has 3 unspecified atom stereocenters. The van der Waals surface area contributed by atoms with Crippen LogP contribution in [0.5, 0.6) is 0 Å². The summed E-state index contributed by atoms with van der Waals surface area (Å²) in [5.74, 6) is -0.354. The van der Waals surface area contributed by atoms with Crippen LogP contribution in [0.25, 0.3) is 10.8 Å². The van der Waals surface area contributed by atoms with Crippen LogP contribution in [0.1, 0.15) is 37.2 Å². The maximum absolute atomic E-state index is 12.8. The number of likely N-dealkylation sites (tertiary alicyclic amines) is 1. The lowest BCUT2D eigenvalue weighted by atomic mass is 10.0. The SMILES string of the molecule is O=C(O)CC1CCCN1C(=O)C1CC1c1ccc2ccccc2c1. The molecule has 0 spiro atoms. The summed E-state index contributed by atoms with van der Waals surface area (Å²) >= 11 is 0. The van der Waals surface area contributed by atoms with E-state index in [0.29, 0.717) is 6.54 Å². The van der Waals surface area contributed by atoms with Crippen molar-refractivity contribution in [3.05, 3.63) is 48.0 Å². The molecule has 1 heterocycles. The van der Waals surface area contributed by atoms with Gasteiger partial charge in [0.1, 0.15) is 0 Å². The van der Waals surface area contributed by atoms with E-state index in [-0.39, 0.29) is 30.2 Å². The third-order valence-electron chi connectivity index (χ3n) is 5.38. The summed E-state index contributed by atoms with van der Waals surface area (Å²) in [4.78, 5) is 25.6. The van der Waals surface area contributed by atoms with E-state index < -0.39 is 5.97 Å². The molecule has 4 nitrogen and oxygen atoms in total. The zero-order valence-electron chi connectivity index (χ0n) is 13.5. The Balaban J connectivity index is 1.48. The van der Waals surface area contributed by atoms with Gasteiger partial charge in [-0.15, -0.1) is 0 Å². The monoisotopic (exact) mass is 323 g/mol. The second-order valence-corrected chi connectivity index (χ2v) is 6.98. The first-order chi connectivity index (χ1) is 11.6. The van der Waals surface area contributed by atoms with E-state index in [1.807, 2.05) is 17.0 Å². The van der Waals surface area contributed by atoms with Gasteiger partial charge in [-0.25, -0.2) is 0 Å². The molecule has 2 aliphatic rings. The Bertz CT molecular complexity index is 800. The van der Waals surface area contributed by atoms with Crippen LogP contribution in [0.15, 0.2) is 42.5 Å². The highest BCUT2D eigenvalue weighted by atomic mass is 16.4. The van der Waals surface area contributed by atoms with Gasteiger partial charge in [0, 0.05) is 18.5 Å². The average molecular weight is 323 g/mol. The van der Waals surface area contributed by atoms with Crippen molar-refractivity contribution in [2.24, 2.45) is 5.92 Å². The first kappa shape index (κ1) is 15.2. The molecule has 1 amide bonds. The Morgan fingerprint density at radius 1 is 1.12 bits per heavy atom. The minimum Gasteiger partial charge on any atom is -0.481 e. The first-order valence-electron chi connectivity index (χ1n) is 8.64. The molecule has 2 aromatic carbocycles. The van der Waals surface area contributed by atoms with Gasteiger partial charge >= 0.3 is 5.97 Å². The lowest BCUT2D eigenvalue weighted by Gasteiger charge is -2.23. The number of carboxylic acids is 1. The number of carbonyl (C=O) groups excluding carboxylic acids is 1. The zero-order valence-corrected chi connectivity index (χ0v) is 13.5. The Hall–Kier alpha value is -2.36. The third kappa shape index (κ3) is 2.77. The van der Waals surface area contributed by atoms with Gasteiger partial charge in [0.05, 0.1) is 6.42 Å². The summed E-state index contributed by atoms with van der Waals surface area (Å²) in [6.45, 7) is 0.706. The number of amides is 1. The van der Waals surface area contributed by atoms with Crippen molar-refractivity contribution in [2.45, 2.75) is 37.6 Å². The molecular formula is C20H21NO3. The lowest BCUT2D eigenvalue weighted by molar-refractivity contribution is -0.140. The van der Waals surface area contributed by atoms with Crippen molar-refractivity contribution in [3.63, 3.8) is 0 Å². The quantitative estimate of drug-likeness (QED) is 0.938. The van der Waals surface area contributed by atoms with E-state index in [1.165, 1.54) is 16.3 Å². The lowest BCUT2D eigenvalue weighted by Crippen LogP contribution is -2.38. The third-order valence-corrected chi connectivity index (χ3v) is 5.38. The van der Waals surface area contributed by atoms with Crippen LogP contribution in [0.3, 0.4) is 0 Å². The van der Waals surface area contributed by atoms with E-state index in [1.54, 1.807) is 0 Å². The number of fused-ring (bicyclic) bond motifs is 1. The van der Waals surface area contributed by atoms with Gasteiger partial charge in [-0.2, -0.15) is 0 Å². The van der Waals surface area contributed by atoms with Crippen LogP contribution in [-0.2, 0) is 9.59 Å². The van der Waals surface area contributed by atoms with E-state index >= 15 is 0 Å². The molecule has 4 rings (SSSR count). The topological polar surface area (TPSA) is 57.6 Å². The van der Waals surface area contributed by atoms with E-state index in [4.69, 9.17) is 5.11 Å². The largest absolute Gasteiger partial charge is 0.481 e. The molecule has 0 bridgehead atoms. The van der Waals surface area contributed by atoms with Crippen LogP contribution >= 0.6 is 0 Å². The smallest absolute Gasteiger partial charge is 0.305 e. The summed E-state index contributed by atoms with van der Waals surface area (Å²) in [5, 5.41) is 11.4. The van der Waals surface area contributed by atoms with Gasteiger partial charge in [0.15, 0.2) is 0 Å². The molecule has 1 saturated carbocycles. The van der Waals surface area contributed by atoms with E-state index in [0.717, 1.165) is 19.3 Å². The Morgan fingerprint density at radius 2 is 1.92 bits per heavy atom. The molecule has 4 heteroatoms. The highest BCUT2D eigenvalue weighted by Gasteiger charge is 2.47. The van der Waals surface area contributed by atoms with Crippen LogP contribution in [0.2, 0.25) is 0 Å². The van der Waals surface area contributed by atoms with Crippen LogP contribution in [-0.4, -0.2) is 34.5 Å². The Labute approximate surface area is 141 Å². The van der Waals surface area contributed by atoms with Crippen LogP contribution in [0, 0.1) is 5.92 Å². The Kier molecular flexibility index (Phi) is 3.75. The van der Waals surface area contributed by atoms with Crippen molar-refractivity contribution in [1.29, 1.82) is 0 Å². The fourth-order valence-corrected chi connectivity index (χ4v) is 4.03. The van der Waals surface area contributed by atoms with Crippen LogP contribution in [0.4, 0.5) is 0 Å². The molecule has 24 heavy (non-hydrogen) atoms. The van der Waals surface area contributed by atoms with Gasteiger partial charge in [-0.05, 0) is 41.5 Å². The standard InChI is InChI=1S/C20H21NO3/c22-19(23)11-16-6-3-9-21(16)20(24)18-12-17(18)15-8-7-13-4-1-2-5-14(13)10-15/h1-2,4-5,7-8,10,16-18H,3,6,9,11-12H2,(H,22,23). The molecule has 2 aromatic rings. The minimum atomic E-state index is -0.818. The van der Waals surface area contributed by atoms with Gasteiger partial charge < -0.3 is 10.0 Å². The molecule has 2 fully saturated rings. The molecule has 1 aliphatic heterocycles. The molecule has 3 atom stereocenters. The minimum absolute atomic E-state index is 0.0283. The Morgan fingerprint density at radius 3 is 2.71 bits per heavy atom. The van der Waals surface area contributed by atoms with E-state index in [2.05, 4.69) is 30.3 Å². The number of rotatable bonds is 4. The second kappa shape index (κ2) is 5.93. The predicted octanol–water partition coefficient (Wildman–Crippen LogP) is 3.41. The fraction of sp³-hybridized carbons (Fsp3) is 0.400. The summed E-state index contributed by atoms with van der Waals surface area (Å²) < 4.78 is 0. The van der Waals surface area contributed by atoms with Crippen LogP contribution < -0.4 is 0 Å². The number of hydrogen-bond donors (Lipinski definition) is 1. The summed E-state index contributed by atoms with van der Waals surface area (Å²) in [6.07, 6.45) is 2.68. The number of nitrogens with zero attached hydrogens (tertiary/aromatic N) is 1. The highest BCUT2D eigenvalue weighted by Crippen LogP contribution is 2.49. The number of hydrogen-bond acceptors (Lipinski definition) is 2. The molecule has 1 aliphatic carbocycles. The molecule has 0 radical (unpaired) electrons. The zero-order chi connectivity index (χ0) is 16.7. The van der Waals surface area contributed by atoms with Crippen molar-refractivity contribution < 1.29 is 14.7 Å². The van der Waals surface area contributed by atoms with Gasteiger partial charge in [-0.3, -0.25) is 9.59 Å². The molecule has 1 saturated heterocycles. The normalized spacial score (nSPS) is 25.8. The summed E-state index contributed by atoms with van der Waals surface area (Å²) in [6, 6.07) is 14.6. The van der Waals surface area contributed by atoms with Gasteiger partial charge in [0.25, 0.3) is 0 Å². The predicted molar refractivity (Wildman–Crippen MR) is 91.8 cm³/mol. The number of benzene rings is 2. The number of aliphatic carboxylic acids is 1. The molecule has 124 valence electrons. The number of carbonyl (C=O) groups is 2. The van der Waals surface area contributed by atoms with Gasteiger partial charge in [0.2, 0.25) is 5.91 Å². The highest BCUT2D eigenvalue weighted by molar-refractivity contribution is 5.86. The van der Waals surface area contributed by atoms with Crippen molar-refractivity contribution >= 4 is 22.6 Å². The maximum atomic E-state index is 12.8. The molecular weight excluding hydrogens is 302 g/mol. The van der Waals surface area contributed by atoms with Crippen molar-refractivity contribution in [1.82, 2.24) is 4.90 Å². The van der Waals surface area contributed by atoms with E-state index in [9.17, 15) is 9.59 Å². The fourth-order valence-electron chi connectivity index (χ4n) is 4.03. The van der Waals surface area contributed by atoms with Crippen molar-refractivity contribution in [2.75, 3.05) is 6.54 Å². The molecule has 0 aromatic heterocycles. The maximum Gasteiger partial charge on any atom is 0.305 e. The average Bonchev–Trinajstić information content (AvgIpc) is 3.26. The van der Waals surface area contributed by atoms with Gasteiger partial charge in [-0.1, -0.05) is 42.5 Å². The molecule has 1 N–H and O–H groups in total. The second-order valence-electron chi connectivity index (χ2n) is 6.98.